The van der Waals surface area contributed by atoms with Gasteiger partial charge in [-0.05, 0) is 48.8 Å². The lowest BCUT2D eigenvalue weighted by atomic mass is 10.2. The maximum atomic E-state index is 11.6. The number of nitrogens with zero attached hydrogens (tertiary/aromatic N) is 1. The smallest absolute Gasteiger partial charge is 0.357 e. The number of halogens is 1. The third-order valence-corrected chi connectivity index (χ3v) is 2.15. The highest BCUT2D eigenvalue weighted by Gasteiger charge is 2.19. The normalized spacial score (nSPS) is 11.2. The zero-order valence-corrected chi connectivity index (χ0v) is 10.5. The van der Waals surface area contributed by atoms with Crippen LogP contribution in [-0.2, 0) is 4.74 Å². The van der Waals surface area contributed by atoms with Crippen LogP contribution in [-0.4, -0.2) is 16.6 Å². The van der Waals surface area contributed by atoms with Crippen molar-refractivity contribution in [1.82, 2.24) is 4.98 Å². The van der Waals surface area contributed by atoms with Crippen molar-refractivity contribution in [2.24, 2.45) is 0 Å². The van der Waals surface area contributed by atoms with Gasteiger partial charge in [-0.15, -0.1) is 0 Å². The molecule has 2 N–H and O–H groups in total. The fraction of sp³-hybridized carbons (Fsp3) is 0.400. The standard InChI is InChI=1S/C10H13BrN2O2/c1-10(2,3)15-9(14)7-5-4-6(11)8(12)13-7/h4-5H,1-3H3,(H2,12,13). The molecule has 0 spiro atoms. The average molecular weight is 273 g/mol. The first kappa shape index (κ1) is 12.0. The minimum Gasteiger partial charge on any atom is -0.455 e. The van der Waals surface area contributed by atoms with E-state index in [9.17, 15) is 4.79 Å². The molecule has 0 bridgehead atoms. The molecule has 0 aliphatic heterocycles. The van der Waals surface area contributed by atoms with Gasteiger partial charge in [0.25, 0.3) is 0 Å². The third-order valence-electron chi connectivity index (χ3n) is 1.48. The van der Waals surface area contributed by atoms with Gasteiger partial charge >= 0.3 is 5.97 Å². The first-order valence-corrected chi connectivity index (χ1v) is 5.24. The third kappa shape index (κ3) is 3.51. The summed E-state index contributed by atoms with van der Waals surface area (Å²) in [5.74, 6) is -0.194. The van der Waals surface area contributed by atoms with Crippen LogP contribution in [0, 0.1) is 0 Å². The average Bonchev–Trinajstić information content (AvgIpc) is 2.06. The number of carbonyl (C=O) groups excluding carboxylic acids is 1. The highest BCUT2D eigenvalue weighted by molar-refractivity contribution is 9.10. The molecule has 15 heavy (non-hydrogen) atoms. The molecule has 1 aromatic rings. The van der Waals surface area contributed by atoms with E-state index in [2.05, 4.69) is 20.9 Å². The van der Waals surface area contributed by atoms with Gasteiger partial charge in [0, 0.05) is 0 Å². The fourth-order valence-electron chi connectivity index (χ4n) is 0.902. The van der Waals surface area contributed by atoms with Crippen LogP contribution in [0.4, 0.5) is 5.82 Å². The summed E-state index contributed by atoms with van der Waals surface area (Å²) in [6.45, 7) is 5.40. The number of nitrogen functional groups attached to an aromatic ring is 1. The lowest BCUT2D eigenvalue weighted by Gasteiger charge is -2.19. The molecule has 82 valence electrons. The van der Waals surface area contributed by atoms with Crippen LogP contribution in [0.25, 0.3) is 0 Å². The van der Waals surface area contributed by atoms with Crippen molar-refractivity contribution < 1.29 is 9.53 Å². The number of hydrogen-bond acceptors (Lipinski definition) is 4. The van der Waals surface area contributed by atoms with Crippen molar-refractivity contribution in [2.75, 3.05) is 5.73 Å². The first-order valence-electron chi connectivity index (χ1n) is 4.45. The van der Waals surface area contributed by atoms with Crippen LogP contribution < -0.4 is 5.73 Å². The van der Waals surface area contributed by atoms with E-state index in [1.54, 1.807) is 32.9 Å². The second-order valence-electron chi connectivity index (χ2n) is 4.07. The zero-order chi connectivity index (χ0) is 11.6. The summed E-state index contributed by atoms with van der Waals surface area (Å²) in [5.41, 5.74) is 5.24. The number of carbonyl (C=O) groups is 1. The quantitative estimate of drug-likeness (QED) is 0.798. The van der Waals surface area contributed by atoms with Gasteiger partial charge in [0.1, 0.15) is 11.4 Å². The van der Waals surface area contributed by atoms with Crippen molar-refractivity contribution in [3.63, 3.8) is 0 Å². The SMILES string of the molecule is CC(C)(C)OC(=O)c1ccc(Br)c(N)n1. The van der Waals surface area contributed by atoms with Gasteiger partial charge in [0.05, 0.1) is 4.47 Å². The van der Waals surface area contributed by atoms with Gasteiger partial charge in [0.2, 0.25) is 0 Å². The maximum Gasteiger partial charge on any atom is 0.357 e. The number of anilines is 1. The number of rotatable bonds is 1. The molecule has 0 fully saturated rings. The van der Waals surface area contributed by atoms with E-state index in [1.165, 1.54) is 0 Å². The molecule has 0 aliphatic rings. The number of pyridine rings is 1. The lowest BCUT2D eigenvalue weighted by molar-refractivity contribution is 0.00630. The van der Waals surface area contributed by atoms with Gasteiger partial charge in [-0.3, -0.25) is 0 Å². The zero-order valence-electron chi connectivity index (χ0n) is 8.87. The summed E-state index contributed by atoms with van der Waals surface area (Å²) >= 11 is 3.20. The Kier molecular flexibility index (Phi) is 3.34. The molecule has 1 aromatic heterocycles. The van der Waals surface area contributed by atoms with Gasteiger partial charge in [-0.1, -0.05) is 0 Å². The van der Waals surface area contributed by atoms with Crippen molar-refractivity contribution in [3.05, 3.63) is 22.3 Å². The molecule has 0 amide bonds. The summed E-state index contributed by atoms with van der Waals surface area (Å²) in [6, 6.07) is 3.23. The molecule has 0 radical (unpaired) electrons. The Morgan fingerprint density at radius 2 is 2.07 bits per heavy atom. The summed E-state index contributed by atoms with van der Waals surface area (Å²) in [4.78, 5) is 15.5. The summed E-state index contributed by atoms with van der Waals surface area (Å²) in [5, 5.41) is 0. The molecule has 0 saturated carbocycles. The predicted octanol–water partition coefficient (Wildman–Crippen LogP) is 2.38. The van der Waals surface area contributed by atoms with Gasteiger partial charge in [0.15, 0.2) is 5.69 Å². The van der Waals surface area contributed by atoms with Crippen molar-refractivity contribution in [3.8, 4) is 0 Å². The minimum absolute atomic E-state index is 0.214. The molecule has 0 atom stereocenters. The topological polar surface area (TPSA) is 65.2 Å². The van der Waals surface area contributed by atoms with Crippen LogP contribution in [0.5, 0.6) is 0 Å². The first-order chi connectivity index (χ1) is 6.79. The van der Waals surface area contributed by atoms with Gasteiger partial charge < -0.3 is 10.5 Å². The van der Waals surface area contributed by atoms with Crippen LogP contribution in [0.3, 0.4) is 0 Å². The largest absolute Gasteiger partial charge is 0.455 e. The molecule has 4 nitrogen and oxygen atoms in total. The fourth-order valence-corrected chi connectivity index (χ4v) is 1.12. The highest BCUT2D eigenvalue weighted by atomic mass is 79.9. The van der Waals surface area contributed by atoms with Crippen molar-refractivity contribution in [1.29, 1.82) is 0 Å². The number of nitrogens with two attached hydrogens (primary N) is 1. The van der Waals surface area contributed by atoms with E-state index in [0.717, 1.165) is 0 Å². The van der Waals surface area contributed by atoms with Crippen LogP contribution in [0.15, 0.2) is 16.6 Å². The molecule has 0 aromatic carbocycles. The van der Waals surface area contributed by atoms with E-state index in [4.69, 9.17) is 10.5 Å². The molecule has 1 rings (SSSR count). The number of esters is 1. The molecular formula is C10H13BrN2O2. The summed E-state index contributed by atoms with van der Waals surface area (Å²) in [6.07, 6.45) is 0. The monoisotopic (exact) mass is 272 g/mol. The number of hydrogen-bond donors (Lipinski definition) is 1. The Morgan fingerprint density at radius 3 is 2.53 bits per heavy atom. The second kappa shape index (κ2) is 4.18. The predicted molar refractivity (Wildman–Crippen MR) is 61.5 cm³/mol. The lowest BCUT2D eigenvalue weighted by Crippen LogP contribution is -2.24. The Morgan fingerprint density at radius 1 is 1.47 bits per heavy atom. The van der Waals surface area contributed by atoms with E-state index in [-0.39, 0.29) is 11.5 Å². The molecule has 0 aliphatic carbocycles. The van der Waals surface area contributed by atoms with E-state index < -0.39 is 11.6 Å². The van der Waals surface area contributed by atoms with E-state index in [1.807, 2.05) is 0 Å². The van der Waals surface area contributed by atoms with E-state index >= 15 is 0 Å². The van der Waals surface area contributed by atoms with Gasteiger partial charge in [-0.2, -0.15) is 0 Å². The van der Waals surface area contributed by atoms with Crippen LogP contribution >= 0.6 is 15.9 Å². The molecule has 1 heterocycles. The Labute approximate surface area is 97.0 Å². The van der Waals surface area contributed by atoms with Crippen LogP contribution in [0.1, 0.15) is 31.3 Å². The van der Waals surface area contributed by atoms with E-state index in [0.29, 0.717) is 4.47 Å². The number of aromatic nitrogens is 1. The Hall–Kier alpha value is -1.10. The highest BCUT2D eigenvalue weighted by Crippen LogP contribution is 2.18. The minimum atomic E-state index is -0.527. The number of ether oxygens (including phenoxy) is 1. The van der Waals surface area contributed by atoms with Crippen molar-refractivity contribution >= 4 is 27.7 Å². The summed E-state index contributed by atoms with van der Waals surface area (Å²) < 4.78 is 5.81. The van der Waals surface area contributed by atoms with Crippen molar-refractivity contribution in [2.45, 2.75) is 26.4 Å². The van der Waals surface area contributed by atoms with Crippen LogP contribution in [0.2, 0.25) is 0 Å². The maximum absolute atomic E-state index is 11.6. The van der Waals surface area contributed by atoms with Gasteiger partial charge in [-0.25, -0.2) is 9.78 Å². The molecule has 5 heteroatoms. The molecule has 0 saturated heterocycles. The molecular weight excluding hydrogens is 260 g/mol. The second-order valence-corrected chi connectivity index (χ2v) is 4.92. The summed E-state index contributed by atoms with van der Waals surface area (Å²) in [7, 11) is 0. The Bertz CT molecular complexity index is 385. The molecule has 0 unspecified atom stereocenters. The Balaban J connectivity index is 2.88.